The summed E-state index contributed by atoms with van der Waals surface area (Å²) >= 11 is 0. The molecule has 20 heavy (non-hydrogen) atoms. The van der Waals surface area contributed by atoms with Crippen molar-refractivity contribution in [3.63, 3.8) is 0 Å². The molecule has 0 amide bonds. The molecule has 0 heterocycles. The van der Waals surface area contributed by atoms with Gasteiger partial charge in [0.15, 0.2) is 0 Å². The molecule has 1 saturated carbocycles. The summed E-state index contributed by atoms with van der Waals surface area (Å²) in [6, 6.07) is 6.47. The standard InChI is InChI=1S/C14H22N2O3S/c1-16(2)20(17,18)13-7-5-12(6-8-13)19-11-14(15)9-3-4-10-14/h5-8H,3-4,9-11,15H2,1-2H3. The zero-order valence-electron chi connectivity index (χ0n) is 12.0. The number of rotatable bonds is 5. The van der Waals surface area contributed by atoms with Crippen LogP contribution in [0.3, 0.4) is 0 Å². The first-order valence-electron chi connectivity index (χ1n) is 6.78. The Morgan fingerprint density at radius 1 is 1.20 bits per heavy atom. The fourth-order valence-electron chi connectivity index (χ4n) is 2.37. The fraction of sp³-hybridized carbons (Fsp3) is 0.571. The smallest absolute Gasteiger partial charge is 0.242 e. The van der Waals surface area contributed by atoms with Crippen molar-refractivity contribution in [2.45, 2.75) is 36.1 Å². The van der Waals surface area contributed by atoms with Gasteiger partial charge in [0.05, 0.1) is 10.4 Å². The Hall–Kier alpha value is -1.11. The monoisotopic (exact) mass is 298 g/mol. The molecule has 2 N–H and O–H groups in total. The molecule has 0 aromatic heterocycles. The van der Waals surface area contributed by atoms with Crippen LogP contribution >= 0.6 is 0 Å². The van der Waals surface area contributed by atoms with E-state index >= 15 is 0 Å². The third-order valence-electron chi connectivity index (χ3n) is 3.73. The van der Waals surface area contributed by atoms with Gasteiger partial charge in [-0.25, -0.2) is 12.7 Å². The second-order valence-electron chi connectivity index (χ2n) is 5.62. The summed E-state index contributed by atoms with van der Waals surface area (Å²) in [6.45, 7) is 0.479. The van der Waals surface area contributed by atoms with Gasteiger partial charge in [0.2, 0.25) is 10.0 Å². The number of nitrogens with two attached hydrogens (primary N) is 1. The lowest BCUT2D eigenvalue weighted by Crippen LogP contribution is -2.42. The van der Waals surface area contributed by atoms with Gasteiger partial charge in [0, 0.05) is 14.1 Å². The summed E-state index contributed by atoms with van der Waals surface area (Å²) < 4.78 is 30.7. The fourth-order valence-corrected chi connectivity index (χ4v) is 3.27. The lowest BCUT2D eigenvalue weighted by Gasteiger charge is -2.23. The number of benzene rings is 1. The summed E-state index contributed by atoms with van der Waals surface area (Å²) in [4.78, 5) is 0.262. The molecule has 6 heteroatoms. The Morgan fingerprint density at radius 3 is 2.25 bits per heavy atom. The highest BCUT2D eigenvalue weighted by atomic mass is 32.2. The Labute approximate surface area is 120 Å². The average molecular weight is 298 g/mol. The van der Waals surface area contributed by atoms with Crippen molar-refractivity contribution in [1.82, 2.24) is 4.31 Å². The van der Waals surface area contributed by atoms with Gasteiger partial charge in [-0.1, -0.05) is 12.8 Å². The third kappa shape index (κ3) is 3.31. The molecular weight excluding hydrogens is 276 g/mol. The molecule has 0 unspecified atom stereocenters. The van der Waals surface area contributed by atoms with E-state index < -0.39 is 10.0 Å². The maximum Gasteiger partial charge on any atom is 0.242 e. The molecule has 112 valence electrons. The van der Waals surface area contributed by atoms with Crippen LogP contribution < -0.4 is 10.5 Å². The first kappa shape index (κ1) is 15.3. The van der Waals surface area contributed by atoms with Crippen molar-refractivity contribution in [3.8, 4) is 5.75 Å². The first-order valence-corrected chi connectivity index (χ1v) is 8.22. The summed E-state index contributed by atoms with van der Waals surface area (Å²) in [5, 5.41) is 0. The number of hydrogen-bond acceptors (Lipinski definition) is 4. The van der Waals surface area contributed by atoms with Crippen LogP contribution in [0.4, 0.5) is 0 Å². The van der Waals surface area contributed by atoms with Crippen LogP contribution in [-0.2, 0) is 10.0 Å². The molecule has 0 bridgehead atoms. The Balaban J connectivity index is 2.02. The van der Waals surface area contributed by atoms with E-state index in [1.165, 1.54) is 18.4 Å². The topological polar surface area (TPSA) is 72.6 Å². The van der Waals surface area contributed by atoms with Crippen LogP contribution in [0.25, 0.3) is 0 Å². The zero-order valence-corrected chi connectivity index (χ0v) is 12.8. The van der Waals surface area contributed by atoms with E-state index in [1.54, 1.807) is 24.3 Å². The molecule has 1 aromatic carbocycles. The van der Waals surface area contributed by atoms with Crippen molar-refractivity contribution in [1.29, 1.82) is 0 Å². The van der Waals surface area contributed by atoms with Gasteiger partial charge in [-0.3, -0.25) is 0 Å². The normalized spacial score (nSPS) is 18.4. The van der Waals surface area contributed by atoms with E-state index in [0.717, 1.165) is 25.7 Å². The predicted molar refractivity (Wildman–Crippen MR) is 78.2 cm³/mol. The van der Waals surface area contributed by atoms with Crippen molar-refractivity contribution in [2.24, 2.45) is 5.73 Å². The Kier molecular flexibility index (Phi) is 4.36. The summed E-state index contributed by atoms with van der Waals surface area (Å²) in [5.74, 6) is 0.652. The van der Waals surface area contributed by atoms with E-state index in [2.05, 4.69) is 0 Å². The van der Waals surface area contributed by atoms with Crippen LogP contribution in [-0.4, -0.2) is 39.0 Å². The molecule has 2 rings (SSSR count). The van der Waals surface area contributed by atoms with Gasteiger partial charge in [0.25, 0.3) is 0 Å². The maximum absolute atomic E-state index is 11.9. The maximum atomic E-state index is 11.9. The molecule has 0 aliphatic heterocycles. The molecule has 0 saturated heterocycles. The van der Waals surface area contributed by atoms with E-state index in [4.69, 9.17) is 10.5 Å². The predicted octanol–water partition coefficient (Wildman–Crippen LogP) is 1.59. The zero-order chi connectivity index (χ0) is 14.8. The second-order valence-corrected chi connectivity index (χ2v) is 7.77. The third-order valence-corrected chi connectivity index (χ3v) is 5.56. The van der Waals surface area contributed by atoms with Crippen molar-refractivity contribution in [3.05, 3.63) is 24.3 Å². The number of sulfonamides is 1. The summed E-state index contributed by atoms with van der Waals surface area (Å²) in [5.41, 5.74) is 5.99. The van der Waals surface area contributed by atoms with Gasteiger partial charge in [-0.05, 0) is 37.1 Å². The van der Waals surface area contributed by atoms with E-state index in [0.29, 0.717) is 12.4 Å². The minimum Gasteiger partial charge on any atom is -0.492 e. The molecule has 0 spiro atoms. The molecule has 0 atom stereocenters. The SMILES string of the molecule is CN(C)S(=O)(=O)c1ccc(OCC2(N)CCCC2)cc1. The lowest BCUT2D eigenvalue weighted by atomic mass is 10.0. The Morgan fingerprint density at radius 2 is 1.75 bits per heavy atom. The van der Waals surface area contributed by atoms with Gasteiger partial charge < -0.3 is 10.5 Å². The molecule has 0 radical (unpaired) electrons. The van der Waals surface area contributed by atoms with Gasteiger partial charge >= 0.3 is 0 Å². The van der Waals surface area contributed by atoms with Crippen molar-refractivity contribution in [2.75, 3.05) is 20.7 Å². The largest absolute Gasteiger partial charge is 0.492 e. The van der Waals surface area contributed by atoms with Crippen LogP contribution in [0.15, 0.2) is 29.2 Å². The van der Waals surface area contributed by atoms with Gasteiger partial charge in [-0.2, -0.15) is 0 Å². The highest BCUT2D eigenvalue weighted by Crippen LogP contribution is 2.28. The van der Waals surface area contributed by atoms with Gasteiger partial charge in [-0.15, -0.1) is 0 Å². The highest BCUT2D eigenvalue weighted by molar-refractivity contribution is 7.89. The quantitative estimate of drug-likeness (QED) is 0.896. The number of nitrogens with zero attached hydrogens (tertiary/aromatic N) is 1. The molecule has 1 aliphatic rings. The second kappa shape index (κ2) is 5.71. The highest BCUT2D eigenvalue weighted by Gasteiger charge is 2.30. The van der Waals surface area contributed by atoms with Crippen LogP contribution in [0.2, 0.25) is 0 Å². The van der Waals surface area contributed by atoms with E-state index in [-0.39, 0.29) is 10.4 Å². The summed E-state index contributed by atoms with van der Waals surface area (Å²) in [6.07, 6.45) is 4.28. The minimum atomic E-state index is -3.38. The van der Waals surface area contributed by atoms with E-state index in [1.807, 2.05) is 0 Å². The first-order chi connectivity index (χ1) is 9.33. The molecule has 5 nitrogen and oxygen atoms in total. The lowest BCUT2D eigenvalue weighted by molar-refractivity contribution is 0.220. The average Bonchev–Trinajstić information content (AvgIpc) is 2.84. The number of hydrogen-bond donors (Lipinski definition) is 1. The summed E-state index contributed by atoms with van der Waals surface area (Å²) in [7, 11) is -0.359. The minimum absolute atomic E-state index is 0.228. The molecule has 1 aliphatic carbocycles. The van der Waals surface area contributed by atoms with Crippen molar-refractivity contribution < 1.29 is 13.2 Å². The Bertz CT molecular complexity index is 546. The molecule has 1 aromatic rings. The van der Waals surface area contributed by atoms with Crippen molar-refractivity contribution >= 4 is 10.0 Å². The van der Waals surface area contributed by atoms with E-state index in [9.17, 15) is 8.42 Å². The number of ether oxygens (including phenoxy) is 1. The molecule has 1 fully saturated rings. The van der Waals surface area contributed by atoms with Crippen LogP contribution in [0, 0.1) is 0 Å². The van der Waals surface area contributed by atoms with Crippen LogP contribution in [0.5, 0.6) is 5.75 Å². The van der Waals surface area contributed by atoms with Gasteiger partial charge in [0.1, 0.15) is 12.4 Å². The van der Waals surface area contributed by atoms with Crippen LogP contribution in [0.1, 0.15) is 25.7 Å². The molecular formula is C14H22N2O3S.